The molecule has 0 amide bonds. The number of hydrogen-bond donors (Lipinski definition) is 1. The summed E-state index contributed by atoms with van der Waals surface area (Å²) in [4.78, 5) is 23.6. The van der Waals surface area contributed by atoms with E-state index in [1.54, 1.807) is 0 Å². The van der Waals surface area contributed by atoms with Crippen LogP contribution in [0, 0.1) is 0 Å². The fourth-order valence-corrected chi connectivity index (χ4v) is 7.11. The highest BCUT2D eigenvalue weighted by atomic mass is 16.5. The molecule has 0 aromatic rings. The van der Waals surface area contributed by atoms with Gasteiger partial charge in [-0.3, -0.25) is 9.59 Å². The van der Waals surface area contributed by atoms with Gasteiger partial charge in [0, 0.05) is 12.8 Å². The molecule has 0 aliphatic heterocycles. The first-order valence-corrected chi connectivity index (χ1v) is 22.7. The first-order chi connectivity index (χ1) is 24.6. The highest BCUT2D eigenvalue weighted by Crippen LogP contribution is 2.18. The number of hydrogen-bond acceptors (Lipinski definition) is 3. The molecular weight excluding hydrogens is 617 g/mol. The largest absolute Gasteiger partial charge is 0.481 e. The van der Waals surface area contributed by atoms with Gasteiger partial charge in [0.1, 0.15) is 6.10 Å². The van der Waals surface area contributed by atoms with Gasteiger partial charge in [-0.25, -0.2) is 0 Å². The third-order valence-electron chi connectivity index (χ3n) is 10.5. The average Bonchev–Trinajstić information content (AvgIpc) is 3.10. The van der Waals surface area contributed by atoms with Gasteiger partial charge in [0.05, 0.1) is 0 Å². The van der Waals surface area contributed by atoms with Crippen molar-refractivity contribution in [3.8, 4) is 0 Å². The van der Waals surface area contributed by atoms with Crippen LogP contribution in [0.2, 0.25) is 0 Å². The summed E-state index contributed by atoms with van der Waals surface area (Å²) in [5.74, 6) is -0.941. The maximum Gasteiger partial charge on any atom is 0.306 e. The second-order valence-corrected chi connectivity index (χ2v) is 15.6. The Balaban J connectivity index is 3.65. The molecule has 0 radical (unpaired) electrons. The van der Waals surface area contributed by atoms with Gasteiger partial charge in [-0.05, 0) is 51.4 Å². The van der Waals surface area contributed by atoms with Crippen LogP contribution in [0.4, 0.5) is 0 Å². The van der Waals surface area contributed by atoms with Crippen LogP contribution in [0.3, 0.4) is 0 Å². The van der Waals surface area contributed by atoms with E-state index < -0.39 is 5.97 Å². The summed E-state index contributed by atoms with van der Waals surface area (Å²) in [6.45, 7) is 4.56. The van der Waals surface area contributed by atoms with Gasteiger partial charge in [0.25, 0.3) is 0 Å². The van der Waals surface area contributed by atoms with Crippen molar-refractivity contribution in [1.82, 2.24) is 0 Å². The minimum Gasteiger partial charge on any atom is -0.481 e. The number of carboxylic acid groups (broad SMARTS) is 1. The SMILES string of the molecule is CCCCCCCC/C=C\CCCCCCCCCCCC(=O)OC(CCCCCCCCCCCCCCCCCCCC)CCC(=O)O. The second kappa shape index (κ2) is 42.1. The van der Waals surface area contributed by atoms with E-state index in [2.05, 4.69) is 26.0 Å². The lowest BCUT2D eigenvalue weighted by Gasteiger charge is -2.17. The highest BCUT2D eigenvalue weighted by molar-refractivity contribution is 5.69. The predicted molar refractivity (Wildman–Crippen MR) is 218 cm³/mol. The van der Waals surface area contributed by atoms with Crippen LogP contribution in [0.25, 0.3) is 0 Å². The van der Waals surface area contributed by atoms with Crippen molar-refractivity contribution in [2.75, 3.05) is 0 Å². The van der Waals surface area contributed by atoms with Crippen LogP contribution in [0.1, 0.15) is 264 Å². The van der Waals surface area contributed by atoms with Crippen molar-refractivity contribution >= 4 is 11.9 Å². The number of unbranched alkanes of at least 4 members (excludes halogenated alkanes) is 32. The van der Waals surface area contributed by atoms with E-state index in [0.717, 1.165) is 32.1 Å². The molecule has 0 aliphatic carbocycles. The molecule has 0 aromatic carbocycles. The van der Waals surface area contributed by atoms with E-state index in [4.69, 9.17) is 9.84 Å². The van der Waals surface area contributed by atoms with Gasteiger partial charge in [-0.2, -0.15) is 0 Å². The van der Waals surface area contributed by atoms with Gasteiger partial charge in [0.2, 0.25) is 0 Å². The van der Waals surface area contributed by atoms with Crippen LogP contribution in [0.5, 0.6) is 0 Å². The number of carbonyl (C=O) groups excluding carboxylic acids is 1. The minimum atomic E-state index is -0.806. The minimum absolute atomic E-state index is 0.0763. The van der Waals surface area contributed by atoms with Gasteiger partial charge in [0.15, 0.2) is 0 Å². The van der Waals surface area contributed by atoms with Crippen LogP contribution in [-0.2, 0) is 14.3 Å². The Morgan fingerprint density at radius 1 is 0.420 bits per heavy atom. The van der Waals surface area contributed by atoms with E-state index in [9.17, 15) is 9.59 Å². The third kappa shape index (κ3) is 41.1. The molecule has 0 aliphatic rings. The molecule has 4 heteroatoms. The van der Waals surface area contributed by atoms with Crippen molar-refractivity contribution in [1.29, 1.82) is 0 Å². The number of carboxylic acids is 1. The zero-order valence-corrected chi connectivity index (χ0v) is 34.0. The quantitative estimate of drug-likeness (QED) is 0.0390. The lowest BCUT2D eigenvalue weighted by Crippen LogP contribution is -2.19. The molecule has 0 fully saturated rings. The maximum absolute atomic E-state index is 12.5. The molecule has 1 unspecified atom stereocenters. The van der Waals surface area contributed by atoms with E-state index in [0.29, 0.717) is 12.8 Å². The summed E-state index contributed by atoms with van der Waals surface area (Å²) >= 11 is 0. The van der Waals surface area contributed by atoms with Crippen molar-refractivity contribution in [2.45, 2.75) is 270 Å². The molecule has 0 bridgehead atoms. The van der Waals surface area contributed by atoms with Crippen LogP contribution in [-0.4, -0.2) is 23.1 Å². The average molecular weight is 705 g/mol. The molecule has 0 heterocycles. The van der Waals surface area contributed by atoms with Gasteiger partial charge >= 0.3 is 11.9 Å². The highest BCUT2D eigenvalue weighted by Gasteiger charge is 2.16. The summed E-state index contributed by atoms with van der Waals surface area (Å²) in [5.41, 5.74) is 0. The van der Waals surface area contributed by atoms with Crippen LogP contribution in [0.15, 0.2) is 12.2 Å². The van der Waals surface area contributed by atoms with E-state index in [1.165, 1.54) is 199 Å². The molecule has 4 nitrogen and oxygen atoms in total. The summed E-state index contributed by atoms with van der Waals surface area (Å²) in [5, 5.41) is 9.16. The van der Waals surface area contributed by atoms with Crippen molar-refractivity contribution in [3.63, 3.8) is 0 Å². The van der Waals surface area contributed by atoms with E-state index >= 15 is 0 Å². The Bertz CT molecular complexity index is 717. The Hall–Kier alpha value is -1.32. The molecular formula is C46H88O4. The molecule has 0 spiro atoms. The zero-order chi connectivity index (χ0) is 36.4. The Morgan fingerprint density at radius 3 is 1.10 bits per heavy atom. The molecule has 0 saturated carbocycles. The standard InChI is InChI=1S/C46H88O4/c1-3-5-7-9-11-13-15-17-19-21-23-25-27-29-31-33-35-37-39-41-46(49)50-44(42-43-45(47)48)40-38-36-34-32-30-28-26-24-22-20-18-16-14-12-10-8-6-4-2/h17,19,44H,3-16,18,20-43H2,1-2H3,(H,47,48)/b19-17-. The number of allylic oxidation sites excluding steroid dienone is 2. The monoisotopic (exact) mass is 705 g/mol. The predicted octanol–water partition coefficient (Wildman–Crippen LogP) is 15.8. The zero-order valence-electron chi connectivity index (χ0n) is 34.0. The fraction of sp³-hybridized carbons (Fsp3) is 0.913. The van der Waals surface area contributed by atoms with Crippen molar-refractivity contribution in [3.05, 3.63) is 12.2 Å². The third-order valence-corrected chi connectivity index (χ3v) is 10.5. The number of esters is 1. The number of rotatable bonds is 42. The maximum atomic E-state index is 12.5. The molecule has 0 rings (SSSR count). The second-order valence-electron chi connectivity index (χ2n) is 15.6. The topological polar surface area (TPSA) is 63.6 Å². The van der Waals surface area contributed by atoms with Gasteiger partial charge in [-0.1, -0.05) is 212 Å². The number of ether oxygens (including phenoxy) is 1. The molecule has 50 heavy (non-hydrogen) atoms. The van der Waals surface area contributed by atoms with Gasteiger partial charge in [-0.15, -0.1) is 0 Å². The van der Waals surface area contributed by atoms with Crippen molar-refractivity contribution < 1.29 is 19.4 Å². The van der Waals surface area contributed by atoms with Crippen molar-refractivity contribution in [2.24, 2.45) is 0 Å². The normalized spacial score (nSPS) is 12.2. The summed E-state index contributed by atoms with van der Waals surface area (Å²) in [6, 6.07) is 0. The smallest absolute Gasteiger partial charge is 0.306 e. The first kappa shape index (κ1) is 48.7. The lowest BCUT2D eigenvalue weighted by atomic mass is 10.0. The molecule has 0 aromatic heterocycles. The van der Waals surface area contributed by atoms with E-state index in [-0.39, 0.29) is 18.5 Å². The first-order valence-electron chi connectivity index (χ1n) is 22.7. The summed E-state index contributed by atoms with van der Waals surface area (Å²) < 4.78 is 5.76. The number of aliphatic carboxylic acids is 1. The van der Waals surface area contributed by atoms with Crippen LogP contribution >= 0.6 is 0 Å². The fourth-order valence-electron chi connectivity index (χ4n) is 7.11. The summed E-state index contributed by atoms with van der Waals surface area (Å²) in [7, 11) is 0. The van der Waals surface area contributed by atoms with Gasteiger partial charge < -0.3 is 9.84 Å². The molecule has 1 N–H and O–H groups in total. The molecule has 1 atom stereocenters. The summed E-state index contributed by atoms with van der Waals surface area (Å²) in [6.07, 6.45) is 52.5. The Labute approximate surface area is 313 Å². The number of carbonyl (C=O) groups is 2. The van der Waals surface area contributed by atoms with E-state index in [1.807, 2.05) is 0 Å². The Morgan fingerprint density at radius 2 is 0.740 bits per heavy atom. The molecule has 296 valence electrons. The Kier molecular flexibility index (Phi) is 41.0. The lowest BCUT2D eigenvalue weighted by molar-refractivity contribution is -0.151. The van der Waals surface area contributed by atoms with Crippen LogP contribution < -0.4 is 0 Å². The molecule has 0 saturated heterocycles.